The lowest BCUT2D eigenvalue weighted by Gasteiger charge is -2.20. The molecule has 0 bridgehead atoms. The van der Waals surface area contributed by atoms with Crippen molar-refractivity contribution in [1.29, 1.82) is 0 Å². The van der Waals surface area contributed by atoms with Crippen LogP contribution in [0.4, 0.5) is 0 Å². The Bertz CT molecular complexity index is 1740. The summed E-state index contributed by atoms with van der Waals surface area (Å²) in [5.41, 5.74) is -0.548. The maximum Gasteiger partial charge on any atom is 0.272 e. The van der Waals surface area contributed by atoms with Crippen molar-refractivity contribution in [1.82, 2.24) is 3.97 Å². The molecule has 0 saturated heterocycles. The molecular formula is C18H9NO3S9. The monoisotopic (exact) mass is 575 g/mol. The minimum atomic E-state index is -0.620. The average Bonchev–Trinajstić information content (AvgIpc) is 2.75. The molecule has 13 heteroatoms. The molecular weight excluding hydrogens is 567 g/mol. The fraction of sp³-hybridized carbons (Fsp3) is 0. The Kier molecular flexibility index (Phi) is 5.52. The third-order valence-electron chi connectivity index (χ3n) is 5.22. The molecule has 3 aromatic carbocycles. The molecule has 5 aromatic rings. The Morgan fingerprint density at radius 3 is 1.42 bits per heavy atom. The van der Waals surface area contributed by atoms with Gasteiger partial charge in [0.25, 0.3) is 11.1 Å². The van der Waals surface area contributed by atoms with E-state index >= 15 is 0 Å². The van der Waals surface area contributed by atoms with Crippen molar-refractivity contribution in [3.8, 4) is 0 Å². The normalized spacial score (nSPS) is 12.3. The molecule has 0 amide bonds. The highest BCUT2D eigenvalue weighted by atomic mass is 32.1. The lowest BCUT2D eigenvalue weighted by Crippen LogP contribution is -2.28. The Balaban J connectivity index is 2.37. The number of fused-ring (bicyclic) bond motifs is 2. The molecule has 158 valence electrons. The van der Waals surface area contributed by atoms with Crippen molar-refractivity contribution in [2.45, 2.75) is 39.2 Å². The van der Waals surface area contributed by atoms with Crippen molar-refractivity contribution < 1.29 is 4.42 Å². The molecule has 2 heterocycles. The molecule has 0 atom stereocenters. The molecule has 0 aliphatic carbocycles. The number of rotatable bonds is 0. The van der Waals surface area contributed by atoms with Crippen LogP contribution in [0.25, 0.3) is 43.5 Å². The molecule has 0 aliphatic rings. The SMILES string of the molecule is O=c1c2c(S)c(S)c3oc4c(S)c(S)c(S)c(S)c4c4c(S)c(S)c(c(=O)n1S)c2c34. The zero-order chi connectivity index (χ0) is 22.7. The topological polar surface area (TPSA) is 52.2 Å². The number of nitrogens with zero attached hydrogens (tertiary/aromatic N) is 1. The molecule has 0 radical (unpaired) electrons. The smallest absolute Gasteiger partial charge is 0.272 e. The van der Waals surface area contributed by atoms with E-state index in [9.17, 15) is 9.59 Å². The minimum Gasteiger partial charge on any atom is -0.454 e. The van der Waals surface area contributed by atoms with E-state index in [1.807, 2.05) is 0 Å². The summed E-state index contributed by atoms with van der Waals surface area (Å²) in [4.78, 5) is 29.1. The van der Waals surface area contributed by atoms with E-state index in [-0.39, 0.29) is 20.6 Å². The fourth-order valence-electron chi connectivity index (χ4n) is 3.84. The number of hydrogen-bond acceptors (Lipinski definition) is 12. The van der Waals surface area contributed by atoms with Crippen molar-refractivity contribution in [3.63, 3.8) is 0 Å². The molecule has 0 spiro atoms. The number of pyridine rings is 1. The summed E-state index contributed by atoms with van der Waals surface area (Å²) < 4.78 is 6.96. The van der Waals surface area contributed by atoms with Gasteiger partial charge in [0.1, 0.15) is 0 Å². The summed E-state index contributed by atoms with van der Waals surface area (Å²) in [7, 11) is 0. The molecule has 4 nitrogen and oxygen atoms in total. The summed E-state index contributed by atoms with van der Waals surface area (Å²) in [6.07, 6.45) is 0. The van der Waals surface area contributed by atoms with Gasteiger partial charge in [-0.1, -0.05) is 12.8 Å². The maximum atomic E-state index is 13.0. The predicted octanol–water partition coefficient (Wildman–Crippen LogP) is 5.85. The lowest BCUT2D eigenvalue weighted by molar-refractivity contribution is 0.637. The second-order valence-corrected chi connectivity index (χ2v) is 10.7. The zero-order valence-electron chi connectivity index (χ0n) is 14.7. The van der Waals surface area contributed by atoms with Gasteiger partial charge in [-0.05, 0) is 0 Å². The highest BCUT2D eigenvalue weighted by Crippen LogP contribution is 2.51. The van der Waals surface area contributed by atoms with Crippen LogP contribution in [0, 0.1) is 0 Å². The Hall–Kier alpha value is 0.01000. The van der Waals surface area contributed by atoms with E-state index in [1.165, 1.54) is 0 Å². The van der Waals surface area contributed by atoms with Gasteiger partial charge >= 0.3 is 0 Å². The molecule has 2 aromatic heterocycles. The van der Waals surface area contributed by atoms with Gasteiger partial charge < -0.3 is 4.42 Å². The first-order chi connectivity index (χ1) is 14.5. The third-order valence-corrected chi connectivity index (χ3v) is 10.0. The van der Waals surface area contributed by atoms with Crippen LogP contribution in [0.15, 0.2) is 53.2 Å². The average molecular weight is 576 g/mol. The van der Waals surface area contributed by atoms with Crippen LogP contribution < -0.4 is 11.1 Å². The maximum absolute atomic E-state index is 13.0. The van der Waals surface area contributed by atoms with E-state index in [0.717, 1.165) is 3.97 Å². The number of benzene rings is 3. The zero-order valence-corrected chi connectivity index (χ0v) is 22.7. The van der Waals surface area contributed by atoms with Gasteiger partial charge in [-0.25, -0.2) is 3.97 Å². The van der Waals surface area contributed by atoms with Crippen LogP contribution in [0.3, 0.4) is 0 Å². The van der Waals surface area contributed by atoms with Gasteiger partial charge in [0.2, 0.25) is 0 Å². The van der Waals surface area contributed by atoms with Crippen LogP contribution in [0.5, 0.6) is 0 Å². The van der Waals surface area contributed by atoms with Crippen molar-refractivity contribution in [3.05, 3.63) is 20.7 Å². The second kappa shape index (κ2) is 7.51. The van der Waals surface area contributed by atoms with Gasteiger partial charge in [0.15, 0.2) is 11.2 Å². The third kappa shape index (κ3) is 2.78. The van der Waals surface area contributed by atoms with Gasteiger partial charge in [-0.2, -0.15) is 0 Å². The number of thiol groups is 9. The quantitative estimate of drug-likeness (QED) is 0.0661. The Labute approximate surface area is 223 Å². The predicted molar refractivity (Wildman–Crippen MR) is 153 cm³/mol. The first-order valence-electron chi connectivity index (χ1n) is 8.25. The highest BCUT2D eigenvalue weighted by molar-refractivity contribution is 7.86. The van der Waals surface area contributed by atoms with Crippen LogP contribution >= 0.6 is 114 Å². The van der Waals surface area contributed by atoms with Gasteiger partial charge in [0.05, 0.1) is 20.6 Å². The standard InChI is InChI=1S/C18H9NO3S9/c20-17-5-1-2-3(9(23)11(5)25)4-8(14(28)16(30)15(29)10(4)24)22-7(2)13(27)12(26)6(1)18(21)19(17)31/h23-31H. The van der Waals surface area contributed by atoms with Crippen molar-refractivity contribution in [2.24, 2.45) is 0 Å². The summed E-state index contributed by atoms with van der Waals surface area (Å²) in [6.45, 7) is 0. The molecule has 0 N–H and O–H groups in total. The first-order valence-corrected chi connectivity index (χ1v) is 12.2. The first kappa shape index (κ1) is 22.8. The molecule has 0 aliphatic heterocycles. The molecule has 31 heavy (non-hydrogen) atoms. The summed E-state index contributed by atoms with van der Waals surface area (Å²) in [5.74, 6) is 0. The summed E-state index contributed by atoms with van der Waals surface area (Å²) in [6, 6.07) is 0. The van der Waals surface area contributed by atoms with Crippen LogP contribution in [0.1, 0.15) is 0 Å². The van der Waals surface area contributed by atoms with Crippen LogP contribution in [0.2, 0.25) is 0 Å². The molecule has 5 rings (SSSR count). The van der Waals surface area contributed by atoms with E-state index in [4.69, 9.17) is 4.42 Å². The molecule has 0 fully saturated rings. The van der Waals surface area contributed by atoms with Crippen LogP contribution in [-0.2, 0) is 0 Å². The second-order valence-electron chi connectivity index (χ2n) is 6.72. The summed E-state index contributed by atoms with van der Waals surface area (Å²) in [5, 5.41) is 2.31. The Morgan fingerprint density at radius 2 is 0.839 bits per heavy atom. The van der Waals surface area contributed by atoms with E-state index < -0.39 is 11.1 Å². The van der Waals surface area contributed by atoms with E-state index in [2.05, 4.69) is 114 Å². The fourth-order valence-corrected chi connectivity index (χ4v) is 6.48. The van der Waals surface area contributed by atoms with Crippen molar-refractivity contribution >= 4 is 157 Å². The van der Waals surface area contributed by atoms with Crippen molar-refractivity contribution in [2.75, 3.05) is 0 Å². The minimum absolute atomic E-state index is 0.178. The number of hydrogen-bond donors (Lipinski definition) is 9. The largest absolute Gasteiger partial charge is 0.454 e. The molecule has 0 unspecified atom stereocenters. The van der Waals surface area contributed by atoms with Gasteiger partial charge in [0, 0.05) is 50.9 Å². The van der Waals surface area contributed by atoms with Crippen LogP contribution in [-0.4, -0.2) is 3.97 Å². The lowest BCUT2D eigenvalue weighted by atomic mass is 9.96. The molecule has 0 saturated carbocycles. The van der Waals surface area contributed by atoms with Gasteiger partial charge in [-0.15, -0.1) is 101 Å². The highest BCUT2D eigenvalue weighted by Gasteiger charge is 2.28. The summed E-state index contributed by atoms with van der Waals surface area (Å²) >= 11 is 40.7. The Morgan fingerprint density at radius 1 is 0.452 bits per heavy atom. The number of aromatic nitrogens is 1. The van der Waals surface area contributed by atoms with Gasteiger partial charge in [-0.3, -0.25) is 9.59 Å². The van der Waals surface area contributed by atoms with E-state index in [0.29, 0.717) is 62.1 Å². The van der Waals surface area contributed by atoms with E-state index in [1.54, 1.807) is 0 Å².